The first-order valence-corrected chi connectivity index (χ1v) is 8.72. The molecule has 1 heterocycles. The molecule has 0 spiro atoms. The molecule has 1 fully saturated rings. The van der Waals surface area contributed by atoms with Crippen LogP contribution in [0, 0.1) is 12.8 Å². The molecule has 3 aromatic rings. The van der Waals surface area contributed by atoms with Gasteiger partial charge in [-0.1, -0.05) is 30.3 Å². The number of pyridine rings is 1. The average molecular weight is 300 g/mol. The number of hydrogen-bond donors (Lipinski definition) is 0. The smallest absolute Gasteiger partial charge is 0.200 e. The van der Waals surface area contributed by atoms with Crippen molar-refractivity contribution in [2.24, 2.45) is 13.0 Å². The molecule has 0 N–H and O–H groups in total. The third-order valence-electron chi connectivity index (χ3n) is 5.98. The number of benzene rings is 2. The number of hydrogen-bond acceptors (Lipinski definition) is 0. The highest BCUT2D eigenvalue weighted by atomic mass is 14.9. The molecule has 2 bridgehead atoms. The molecule has 1 nitrogen and oxygen atoms in total. The van der Waals surface area contributed by atoms with Gasteiger partial charge in [0, 0.05) is 6.07 Å². The number of aryl methyl sites for hydroxylation is 2. The van der Waals surface area contributed by atoms with E-state index in [2.05, 4.69) is 67.2 Å². The first-order chi connectivity index (χ1) is 11.2. The van der Waals surface area contributed by atoms with Crippen molar-refractivity contribution in [3.8, 4) is 11.3 Å². The molecule has 0 unspecified atom stereocenters. The van der Waals surface area contributed by atoms with Crippen molar-refractivity contribution in [2.75, 3.05) is 0 Å². The normalized spacial score (nSPS) is 21.8. The van der Waals surface area contributed by atoms with Crippen LogP contribution in [-0.2, 0) is 13.5 Å². The van der Waals surface area contributed by atoms with E-state index in [9.17, 15) is 0 Å². The Balaban J connectivity index is 1.89. The van der Waals surface area contributed by atoms with Crippen LogP contribution in [0.4, 0.5) is 0 Å². The van der Waals surface area contributed by atoms with E-state index in [4.69, 9.17) is 0 Å². The zero-order valence-electron chi connectivity index (χ0n) is 13.8. The van der Waals surface area contributed by atoms with Gasteiger partial charge in [0.05, 0.1) is 10.9 Å². The summed E-state index contributed by atoms with van der Waals surface area (Å²) in [6.45, 7) is 2.28. The van der Waals surface area contributed by atoms with E-state index in [1.807, 2.05) is 0 Å². The number of fused-ring (bicyclic) bond motifs is 1. The van der Waals surface area contributed by atoms with Crippen LogP contribution in [0.5, 0.6) is 0 Å². The molecule has 3 aliphatic carbocycles. The van der Waals surface area contributed by atoms with Crippen LogP contribution in [-0.4, -0.2) is 0 Å². The predicted molar refractivity (Wildman–Crippen MR) is 94.5 cm³/mol. The highest BCUT2D eigenvalue weighted by Gasteiger charge is 2.40. The van der Waals surface area contributed by atoms with Gasteiger partial charge in [-0.05, 0) is 66.2 Å². The lowest BCUT2D eigenvalue weighted by Crippen LogP contribution is -2.34. The van der Waals surface area contributed by atoms with E-state index in [1.54, 1.807) is 11.1 Å². The van der Waals surface area contributed by atoms with E-state index in [0.29, 0.717) is 0 Å². The van der Waals surface area contributed by atoms with Crippen LogP contribution in [0.25, 0.3) is 22.0 Å². The Morgan fingerprint density at radius 1 is 1.00 bits per heavy atom. The van der Waals surface area contributed by atoms with Crippen LogP contribution in [0.1, 0.15) is 35.4 Å². The monoisotopic (exact) mass is 300 g/mol. The van der Waals surface area contributed by atoms with Gasteiger partial charge < -0.3 is 0 Å². The van der Waals surface area contributed by atoms with Crippen LogP contribution in [0.15, 0.2) is 48.7 Å². The molecule has 1 heteroatoms. The minimum atomic E-state index is 0.789. The van der Waals surface area contributed by atoms with Gasteiger partial charge in [0.2, 0.25) is 5.69 Å². The highest BCUT2D eigenvalue weighted by molar-refractivity contribution is 5.94. The van der Waals surface area contributed by atoms with E-state index in [-0.39, 0.29) is 0 Å². The number of aromatic nitrogens is 1. The Kier molecular flexibility index (Phi) is 2.70. The van der Waals surface area contributed by atoms with Crippen molar-refractivity contribution in [2.45, 2.75) is 32.1 Å². The molecular formula is C22H22N+. The third-order valence-corrected chi connectivity index (χ3v) is 5.98. The van der Waals surface area contributed by atoms with Gasteiger partial charge in [0.15, 0.2) is 6.20 Å². The van der Waals surface area contributed by atoms with Crippen molar-refractivity contribution in [3.63, 3.8) is 0 Å². The van der Waals surface area contributed by atoms with Gasteiger partial charge in [-0.15, -0.1) is 0 Å². The Bertz CT molecular complexity index is 932. The van der Waals surface area contributed by atoms with E-state index >= 15 is 0 Å². The van der Waals surface area contributed by atoms with Gasteiger partial charge >= 0.3 is 0 Å². The lowest BCUT2D eigenvalue weighted by molar-refractivity contribution is -0.659. The second kappa shape index (κ2) is 4.67. The predicted octanol–water partition coefficient (Wildman–Crippen LogP) is 4.69. The minimum absolute atomic E-state index is 0.789. The molecule has 2 aromatic carbocycles. The molecule has 0 atom stereocenters. The molecule has 23 heavy (non-hydrogen) atoms. The summed E-state index contributed by atoms with van der Waals surface area (Å²) in [6.07, 6.45) is 6.30. The Morgan fingerprint density at radius 3 is 2.70 bits per heavy atom. The summed E-state index contributed by atoms with van der Waals surface area (Å²) >= 11 is 0. The van der Waals surface area contributed by atoms with Gasteiger partial charge in [-0.3, -0.25) is 0 Å². The first-order valence-electron chi connectivity index (χ1n) is 8.72. The van der Waals surface area contributed by atoms with Gasteiger partial charge in [0.1, 0.15) is 7.05 Å². The molecular weight excluding hydrogens is 278 g/mol. The zero-order valence-corrected chi connectivity index (χ0v) is 13.8. The van der Waals surface area contributed by atoms with Crippen LogP contribution in [0.2, 0.25) is 0 Å². The average Bonchev–Trinajstić information content (AvgIpc) is 2.54. The second-order valence-electron chi connectivity index (χ2n) is 7.43. The molecule has 0 radical (unpaired) electrons. The topological polar surface area (TPSA) is 3.88 Å². The zero-order chi connectivity index (χ0) is 15.6. The maximum atomic E-state index is 2.39. The molecule has 0 saturated heterocycles. The molecule has 0 amide bonds. The third kappa shape index (κ3) is 1.83. The summed E-state index contributed by atoms with van der Waals surface area (Å²) in [7, 11) is 2.19. The van der Waals surface area contributed by atoms with Crippen molar-refractivity contribution in [3.05, 3.63) is 65.4 Å². The Morgan fingerprint density at radius 2 is 1.83 bits per heavy atom. The molecule has 6 rings (SSSR count). The number of rotatable bonds is 1. The van der Waals surface area contributed by atoms with E-state index in [1.165, 1.54) is 46.9 Å². The van der Waals surface area contributed by atoms with Crippen molar-refractivity contribution in [1.29, 1.82) is 0 Å². The highest BCUT2D eigenvalue weighted by Crippen LogP contribution is 2.53. The Hall–Kier alpha value is -2.15. The molecule has 0 aliphatic heterocycles. The second-order valence-corrected chi connectivity index (χ2v) is 7.43. The SMILES string of the molecule is Cc1ccc2c(c1-c1c3ccccc3cc[n+]1C)C1CC(C2)C1. The van der Waals surface area contributed by atoms with Crippen LogP contribution < -0.4 is 4.57 Å². The fourth-order valence-electron chi connectivity index (χ4n) is 4.81. The van der Waals surface area contributed by atoms with E-state index in [0.717, 1.165) is 11.8 Å². The van der Waals surface area contributed by atoms with Crippen LogP contribution >= 0.6 is 0 Å². The van der Waals surface area contributed by atoms with Crippen molar-refractivity contribution in [1.82, 2.24) is 0 Å². The summed E-state index contributed by atoms with van der Waals surface area (Å²) in [5, 5.41) is 2.70. The van der Waals surface area contributed by atoms with Gasteiger partial charge in [-0.2, -0.15) is 0 Å². The van der Waals surface area contributed by atoms with Crippen LogP contribution in [0.3, 0.4) is 0 Å². The first kappa shape index (κ1) is 13.3. The molecule has 3 aliphatic rings. The number of nitrogens with zero attached hydrogens (tertiary/aromatic N) is 1. The van der Waals surface area contributed by atoms with Gasteiger partial charge in [-0.25, -0.2) is 4.57 Å². The van der Waals surface area contributed by atoms with Gasteiger partial charge in [0.25, 0.3) is 0 Å². The lowest BCUT2D eigenvalue weighted by atomic mass is 9.61. The van der Waals surface area contributed by atoms with Crippen molar-refractivity contribution < 1.29 is 4.57 Å². The van der Waals surface area contributed by atoms with E-state index < -0.39 is 0 Å². The molecule has 1 saturated carbocycles. The summed E-state index contributed by atoms with van der Waals surface area (Å²) in [4.78, 5) is 0. The maximum absolute atomic E-state index is 2.39. The summed E-state index contributed by atoms with van der Waals surface area (Å²) in [5.74, 6) is 1.74. The minimum Gasteiger partial charge on any atom is -0.200 e. The maximum Gasteiger partial charge on any atom is 0.220 e. The quantitative estimate of drug-likeness (QED) is 0.574. The fourth-order valence-corrected chi connectivity index (χ4v) is 4.81. The lowest BCUT2D eigenvalue weighted by Gasteiger charge is -2.43. The Labute approximate surface area is 137 Å². The molecule has 114 valence electrons. The summed E-state index contributed by atoms with van der Waals surface area (Å²) < 4.78 is 2.32. The summed E-state index contributed by atoms with van der Waals surface area (Å²) in [6, 6.07) is 15.7. The standard InChI is InChI=1S/C22H22N/c1-14-7-8-17-11-15-12-18(13-15)21(17)20(14)22-19-6-4-3-5-16(19)9-10-23(22)2/h3-10,15,18H,11-13H2,1-2H3/q+1. The van der Waals surface area contributed by atoms with Crippen molar-refractivity contribution >= 4 is 10.8 Å². The fraction of sp³-hybridized carbons (Fsp3) is 0.318. The molecule has 1 aromatic heterocycles. The largest absolute Gasteiger partial charge is 0.220 e. The summed E-state index contributed by atoms with van der Waals surface area (Å²) in [5.41, 5.74) is 7.57.